The number of benzene rings is 1. The Kier molecular flexibility index (Phi) is 4.49. The highest BCUT2D eigenvalue weighted by Crippen LogP contribution is 2.41. The predicted octanol–water partition coefficient (Wildman–Crippen LogP) is 3.21. The second-order valence-electron chi connectivity index (χ2n) is 7.17. The lowest BCUT2D eigenvalue weighted by Gasteiger charge is -2.40. The summed E-state index contributed by atoms with van der Waals surface area (Å²) in [5.74, 6) is -0.174. The van der Waals surface area contributed by atoms with Gasteiger partial charge in [0.1, 0.15) is 0 Å². The largest absolute Gasteiger partial charge is 0.330 e. The summed E-state index contributed by atoms with van der Waals surface area (Å²) in [6.07, 6.45) is 6.89. The molecule has 0 atom stereocenters. The van der Waals surface area contributed by atoms with Crippen molar-refractivity contribution in [2.24, 2.45) is 5.73 Å². The van der Waals surface area contributed by atoms with Crippen LogP contribution in [0.25, 0.3) is 5.69 Å². The maximum absolute atomic E-state index is 12.5. The first kappa shape index (κ1) is 17.4. The maximum atomic E-state index is 12.5. The number of hydrogen-bond acceptors (Lipinski definition) is 4. The molecule has 0 aliphatic heterocycles. The third kappa shape index (κ3) is 3.36. The minimum Gasteiger partial charge on any atom is -0.330 e. The first-order chi connectivity index (χ1) is 13.1. The third-order valence-electron chi connectivity index (χ3n) is 5.38. The monoisotopic (exact) mass is 361 g/mol. The number of pyridine rings is 1. The van der Waals surface area contributed by atoms with Crippen molar-refractivity contribution in [2.45, 2.75) is 31.6 Å². The van der Waals surface area contributed by atoms with Gasteiger partial charge < -0.3 is 11.1 Å². The van der Waals surface area contributed by atoms with E-state index in [2.05, 4.69) is 15.4 Å². The second-order valence-corrected chi connectivity index (χ2v) is 7.17. The first-order valence-corrected chi connectivity index (χ1v) is 9.20. The highest BCUT2D eigenvalue weighted by molar-refractivity contribution is 6.04. The van der Waals surface area contributed by atoms with Gasteiger partial charge in [-0.15, -0.1) is 0 Å². The molecule has 0 radical (unpaired) electrons. The summed E-state index contributed by atoms with van der Waals surface area (Å²) in [5.41, 5.74) is 10.1. The highest BCUT2D eigenvalue weighted by Gasteiger charge is 2.38. The van der Waals surface area contributed by atoms with Gasteiger partial charge in [-0.05, 0) is 62.2 Å². The van der Waals surface area contributed by atoms with E-state index >= 15 is 0 Å². The second kappa shape index (κ2) is 6.96. The molecule has 1 aromatic carbocycles. The number of amides is 1. The molecule has 2 aromatic heterocycles. The van der Waals surface area contributed by atoms with Gasteiger partial charge in [-0.1, -0.05) is 6.42 Å². The molecule has 0 bridgehead atoms. The van der Waals surface area contributed by atoms with E-state index in [1.54, 1.807) is 10.9 Å². The fourth-order valence-corrected chi connectivity index (χ4v) is 3.47. The van der Waals surface area contributed by atoms with Gasteiger partial charge >= 0.3 is 0 Å². The standard InChI is InChI=1S/C21H23N5O/c1-15-9-12-26(25-15)18-6-4-17(5-7-18)24-20(27)16-3-8-19(23-13-16)21(14-22)10-2-11-21/h3-9,12-13H,2,10-11,14,22H2,1H3,(H,24,27). The molecule has 1 aliphatic carbocycles. The fraction of sp³-hybridized carbons (Fsp3) is 0.286. The SMILES string of the molecule is Cc1ccn(-c2ccc(NC(=O)c3ccc(C4(CN)CCC4)nc3)cc2)n1. The molecular weight excluding hydrogens is 338 g/mol. The predicted molar refractivity (Wildman–Crippen MR) is 105 cm³/mol. The average molecular weight is 361 g/mol. The number of rotatable bonds is 5. The van der Waals surface area contributed by atoms with E-state index in [-0.39, 0.29) is 11.3 Å². The van der Waals surface area contributed by atoms with Gasteiger partial charge in [0.05, 0.1) is 16.9 Å². The van der Waals surface area contributed by atoms with Crippen LogP contribution < -0.4 is 11.1 Å². The zero-order chi connectivity index (χ0) is 18.9. The number of aromatic nitrogens is 3. The molecule has 1 fully saturated rings. The molecule has 1 amide bonds. The van der Waals surface area contributed by atoms with Crippen molar-refractivity contribution >= 4 is 11.6 Å². The van der Waals surface area contributed by atoms with Crippen LogP contribution in [0.2, 0.25) is 0 Å². The Hall–Kier alpha value is -2.99. The van der Waals surface area contributed by atoms with Crippen molar-refractivity contribution in [3.05, 3.63) is 71.8 Å². The Morgan fingerprint density at radius 1 is 1.19 bits per heavy atom. The number of carbonyl (C=O) groups excluding carboxylic acids is 1. The van der Waals surface area contributed by atoms with Crippen LogP contribution in [0.15, 0.2) is 54.9 Å². The lowest BCUT2D eigenvalue weighted by atomic mass is 9.66. The van der Waals surface area contributed by atoms with Gasteiger partial charge in [-0.25, -0.2) is 4.68 Å². The number of anilines is 1. The first-order valence-electron chi connectivity index (χ1n) is 9.20. The van der Waals surface area contributed by atoms with E-state index in [0.29, 0.717) is 12.1 Å². The summed E-state index contributed by atoms with van der Waals surface area (Å²) < 4.78 is 1.80. The van der Waals surface area contributed by atoms with E-state index < -0.39 is 0 Å². The number of hydrogen-bond donors (Lipinski definition) is 2. The van der Waals surface area contributed by atoms with E-state index in [1.165, 1.54) is 6.42 Å². The molecule has 2 heterocycles. The molecule has 138 valence electrons. The topological polar surface area (TPSA) is 85.8 Å². The minimum atomic E-state index is -0.174. The van der Waals surface area contributed by atoms with E-state index in [1.807, 2.05) is 55.6 Å². The molecule has 6 heteroatoms. The van der Waals surface area contributed by atoms with E-state index in [9.17, 15) is 4.79 Å². The summed E-state index contributed by atoms with van der Waals surface area (Å²) in [4.78, 5) is 17.0. The van der Waals surface area contributed by atoms with Crippen molar-refractivity contribution in [3.63, 3.8) is 0 Å². The molecule has 27 heavy (non-hydrogen) atoms. The third-order valence-corrected chi connectivity index (χ3v) is 5.38. The number of carbonyl (C=O) groups is 1. The fourth-order valence-electron chi connectivity index (χ4n) is 3.47. The Balaban J connectivity index is 1.44. The molecule has 1 saturated carbocycles. The molecule has 0 saturated heterocycles. The lowest BCUT2D eigenvalue weighted by molar-refractivity contribution is 0.102. The molecule has 0 unspecified atom stereocenters. The number of aryl methyl sites for hydroxylation is 1. The Morgan fingerprint density at radius 3 is 2.48 bits per heavy atom. The number of nitrogens with one attached hydrogen (secondary N) is 1. The van der Waals surface area contributed by atoms with Crippen molar-refractivity contribution in [3.8, 4) is 5.69 Å². The van der Waals surface area contributed by atoms with Gasteiger partial charge in [-0.3, -0.25) is 9.78 Å². The van der Waals surface area contributed by atoms with Crippen molar-refractivity contribution in [1.29, 1.82) is 0 Å². The molecule has 0 spiro atoms. The normalized spacial score (nSPS) is 15.2. The molecule has 6 nitrogen and oxygen atoms in total. The van der Waals surface area contributed by atoms with Crippen LogP contribution in [0.5, 0.6) is 0 Å². The van der Waals surface area contributed by atoms with Gasteiger partial charge in [0.2, 0.25) is 0 Å². The molecule has 3 N–H and O–H groups in total. The average Bonchev–Trinajstić information content (AvgIpc) is 3.09. The van der Waals surface area contributed by atoms with Crippen molar-refractivity contribution in [2.75, 3.05) is 11.9 Å². The van der Waals surface area contributed by atoms with Gasteiger partial charge in [0, 0.05) is 35.7 Å². The molecule has 1 aliphatic rings. The quantitative estimate of drug-likeness (QED) is 0.731. The van der Waals surface area contributed by atoms with Crippen molar-refractivity contribution < 1.29 is 4.79 Å². The zero-order valence-corrected chi connectivity index (χ0v) is 15.4. The van der Waals surface area contributed by atoms with Crippen LogP contribution in [0.1, 0.15) is 41.0 Å². The van der Waals surface area contributed by atoms with Crippen LogP contribution >= 0.6 is 0 Å². The Morgan fingerprint density at radius 2 is 1.96 bits per heavy atom. The number of nitrogens with zero attached hydrogens (tertiary/aromatic N) is 3. The lowest BCUT2D eigenvalue weighted by Crippen LogP contribution is -2.42. The van der Waals surface area contributed by atoms with Crippen LogP contribution in [-0.4, -0.2) is 27.2 Å². The smallest absolute Gasteiger partial charge is 0.257 e. The van der Waals surface area contributed by atoms with Crippen molar-refractivity contribution in [1.82, 2.24) is 14.8 Å². The summed E-state index contributed by atoms with van der Waals surface area (Å²) in [5, 5.41) is 7.29. The summed E-state index contributed by atoms with van der Waals surface area (Å²) in [6.45, 7) is 2.55. The van der Waals surface area contributed by atoms with Crippen LogP contribution in [-0.2, 0) is 5.41 Å². The van der Waals surface area contributed by atoms with Crippen LogP contribution in [0.3, 0.4) is 0 Å². The molecule has 3 aromatic rings. The van der Waals surface area contributed by atoms with E-state index in [4.69, 9.17) is 5.73 Å². The number of nitrogens with two attached hydrogens (primary N) is 1. The highest BCUT2D eigenvalue weighted by atomic mass is 16.1. The maximum Gasteiger partial charge on any atom is 0.257 e. The van der Waals surface area contributed by atoms with E-state index in [0.717, 1.165) is 35.6 Å². The minimum absolute atomic E-state index is 0.00961. The summed E-state index contributed by atoms with van der Waals surface area (Å²) in [6, 6.07) is 13.3. The molecular formula is C21H23N5O. The van der Waals surface area contributed by atoms with Crippen LogP contribution in [0.4, 0.5) is 5.69 Å². The summed E-state index contributed by atoms with van der Waals surface area (Å²) in [7, 11) is 0. The van der Waals surface area contributed by atoms with Crippen LogP contribution in [0, 0.1) is 6.92 Å². The molecule has 4 rings (SSSR count). The van der Waals surface area contributed by atoms with Gasteiger partial charge in [0.15, 0.2) is 0 Å². The van der Waals surface area contributed by atoms with Gasteiger partial charge in [-0.2, -0.15) is 5.10 Å². The zero-order valence-electron chi connectivity index (χ0n) is 15.4. The Bertz CT molecular complexity index is 934. The summed E-state index contributed by atoms with van der Waals surface area (Å²) >= 11 is 0. The Labute approximate surface area is 158 Å². The van der Waals surface area contributed by atoms with Gasteiger partial charge in [0.25, 0.3) is 5.91 Å².